The van der Waals surface area contributed by atoms with Crippen LogP contribution in [0.5, 0.6) is 0 Å². The summed E-state index contributed by atoms with van der Waals surface area (Å²) in [7, 11) is 0. The molecule has 0 aliphatic heterocycles. The van der Waals surface area contributed by atoms with E-state index >= 15 is 0 Å². The van der Waals surface area contributed by atoms with Crippen molar-refractivity contribution in [1.82, 2.24) is 10.1 Å². The lowest BCUT2D eigenvalue weighted by Crippen LogP contribution is -1.94. The van der Waals surface area contributed by atoms with Gasteiger partial charge in [-0.25, -0.2) is 9.37 Å². The van der Waals surface area contributed by atoms with Crippen LogP contribution in [0.2, 0.25) is 0 Å². The Morgan fingerprint density at radius 1 is 1.23 bits per heavy atom. The molecule has 0 fully saturated rings. The zero-order valence-corrected chi connectivity index (χ0v) is 12.9. The first kappa shape index (κ1) is 14.6. The monoisotopic (exact) mass is 315 g/mol. The van der Waals surface area contributed by atoms with Crippen LogP contribution in [-0.4, -0.2) is 16.4 Å². The summed E-state index contributed by atoms with van der Waals surface area (Å²) in [5.74, 6) is 1.10. The third kappa shape index (κ3) is 2.96. The van der Waals surface area contributed by atoms with E-state index in [1.54, 1.807) is 18.3 Å². The number of anilines is 2. The number of aryl methyl sites for hydroxylation is 1. The zero-order valence-electron chi connectivity index (χ0n) is 12.1. The van der Waals surface area contributed by atoms with Crippen molar-refractivity contribution in [3.05, 3.63) is 54.2 Å². The Morgan fingerprint density at radius 2 is 2.09 bits per heavy atom. The van der Waals surface area contributed by atoms with E-state index in [9.17, 15) is 4.39 Å². The highest BCUT2D eigenvalue weighted by atomic mass is 32.2. The Bertz CT molecular complexity index is 804. The van der Waals surface area contributed by atoms with Crippen molar-refractivity contribution in [3.63, 3.8) is 0 Å². The third-order valence-electron chi connectivity index (χ3n) is 3.17. The summed E-state index contributed by atoms with van der Waals surface area (Å²) < 4.78 is 18.5. The Kier molecular flexibility index (Phi) is 4.11. The molecule has 0 radical (unpaired) electrons. The lowest BCUT2D eigenvalue weighted by atomic mass is 10.1. The summed E-state index contributed by atoms with van der Waals surface area (Å²) >= 11 is 1.53. The Labute approximate surface area is 131 Å². The molecule has 0 atom stereocenters. The predicted molar refractivity (Wildman–Crippen MR) is 85.9 cm³/mol. The molecule has 0 aliphatic carbocycles. The summed E-state index contributed by atoms with van der Waals surface area (Å²) in [6, 6.07) is 10.1. The van der Waals surface area contributed by atoms with Gasteiger partial charge in [0.05, 0.1) is 5.56 Å². The van der Waals surface area contributed by atoms with Crippen molar-refractivity contribution in [2.75, 3.05) is 11.6 Å². The lowest BCUT2D eigenvalue weighted by Gasteiger charge is -2.07. The van der Waals surface area contributed by atoms with Crippen LogP contribution in [0.15, 0.2) is 52.1 Å². The minimum Gasteiger partial charge on any atom is -0.360 e. The number of hydrogen-bond acceptors (Lipinski definition) is 5. The molecule has 3 aromatic rings. The molecule has 22 heavy (non-hydrogen) atoms. The van der Waals surface area contributed by atoms with Crippen molar-refractivity contribution in [2.45, 2.75) is 11.9 Å². The Morgan fingerprint density at radius 3 is 2.86 bits per heavy atom. The molecule has 0 bridgehead atoms. The van der Waals surface area contributed by atoms with Crippen LogP contribution in [0.1, 0.15) is 5.76 Å². The number of thioether (sulfide) groups is 1. The summed E-state index contributed by atoms with van der Waals surface area (Å²) in [6.07, 6.45) is 3.65. The number of benzene rings is 1. The molecule has 1 N–H and O–H groups in total. The van der Waals surface area contributed by atoms with Crippen LogP contribution in [0.3, 0.4) is 0 Å². The van der Waals surface area contributed by atoms with E-state index in [1.807, 2.05) is 25.3 Å². The van der Waals surface area contributed by atoms with Crippen LogP contribution < -0.4 is 5.32 Å². The molecule has 0 aliphatic rings. The number of halogens is 1. The van der Waals surface area contributed by atoms with Crippen LogP contribution >= 0.6 is 11.8 Å². The number of pyridine rings is 1. The molecule has 1 aromatic carbocycles. The van der Waals surface area contributed by atoms with E-state index in [4.69, 9.17) is 4.52 Å². The first-order chi connectivity index (χ1) is 10.7. The fourth-order valence-corrected chi connectivity index (χ4v) is 2.76. The number of hydrogen-bond donors (Lipinski definition) is 1. The molecule has 0 saturated heterocycles. The Hall–Kier alpha value is -2.34. The quantitative estimate of drug-likeness (QED) is 0.710. The molecule has 6 heteroatoms. The maximum absolute atomic E-state index is 13.2. The van der Waals surface area contributed by atoms with Gasteiger partial charge in [0.25, 0.3) is 0 Å². The minimum atomic E-state index is -0.291. The smallest absolute Gasteiger partial charge is 0.147 e. The molecular formula is C16H14FN3OS. The molecule has 112 valence electrons. The second kappa shape index (κ2) is 6.19. The van der Waals surface area contributed by atoms with Gasteiger partial charge in [-0.05, 0) is 49.1 Å². The van der Waals surface area contributed by atoms with Gasteiger partial charge in [-0.2, -0.15) is 0 Å². The van der Waals surface area contributed by atoms with Gasteiger partial charge in [0.1, 0.15) is 22.4 Å². The maximum Gasteiger partial charge on any atom is 0.147 e. The summed E-state index contributed by atoms with van der Waals surface area (Å²) in [5, 5.41) is 7.96. The van der Waals surface area contributed by atoms with E-state index in [1.165, 1.54) is 23.9 Å². The summed E-state index contributed by atoms with van der Waals surface area (Å²) in [6.45, 7) is 1.88. The van der Waals surface area contributed by atoms with Crippen molar-refractivity contribution >= 4 is 23.3 Å². The zero-order chi connectivity index (χ0) is 15.5. The molecule has 0 saturated carbocycles. The van der Waals surface area contributed by atoms with E-state index < -0.39 is 0 Å². The first-order valence-corrected chi connectivity index (χ1v) is 7.89. The Balaban J connectivity index is 1.94. The average molecular weight is 315 g/mol. The van der Waals surface area contributed by atoms with Crippen molar-refractivity contribution in [1.29, 1.82) is 0 Å². The summed E-state index contributed by atoms with van der Waals surface area (Å²) in [4.78, 5) is 4.27. The predicted octanol–water partition coefficient (Wildman–Crippen LogP) is 4.65. The van der Waals surface area contributed by atoms with Gasteiger partial charge < -0.3 is 9.84 Å². The maximum atomic E-state index is 13.2. The van der Waals surface area contributed by atoms with Gasteiger partial charge in [-0.1, -0.05) is 11.2 Å². The second-order valence-electron chi connectivity index (χ2n) is 4.69. The fraction of sp³-hybridized carbons (Fsp3) is 0.125. The van der Waals surface area contributed by atoms with Crippen molar-refractivity contribution < 1.29 is 8.91 Å². The second-order valence-corrected chi connectivity index (χ2v) is 5.48. The third-order valence-corrected chi connectivity index (χ3v) is 3.84. The van der Waals surface area contributed by atoms with Gasteiger partial charge in [0.15, 0.2) is 0 Å². The van der Waals surface area contributed by atoms with E-state index in [2.05, 4.69) is 15.5 Å². The van der Waals surface area contributed by atoms with Gasteiger partial charge >= 0.3 is 0 Å². The minimum absolute atomic E-state index is 0.291. The molecule has 0 spiro atoms. The van der Waals surface area contributed by atoms with Gasteiger partial charge in [0, 0.05) is 11.9 Å². The molecule has 4 nitrogen and oxygen atoms in total. The highest BCUT2D eigenvalue weighted by Gasteiger charge is 2.14. The van der Waals surface area contributed by atoms with Gasteiger partial charge in [-0.15, -0.1) is 11.8 Å². The van der Waals surface area contributed by atoms with Gasteiger partial charge in [0.2, 0.25) is 0 Å². The molecule has 0 amide bonds. The fourth-order valence-electron chi connectivity index (χ4n) is 2.19. The summed E-state index contributed by atoms with van der Waals surface area (Å²) in [5.41, 5.74) is 2.56. The normalized spacial score (nSPS) is 10.7. The molecule has 3 rings (SSSR count). The standard InChI is InChI=1S/C16H14FN3OS/c1-10-15(16(22-2)20-21-10)11-6-7-18-14(8-11)19-13-5-3-4-12(17)9-13/h3-9H,1-2H3,(H,18,19). The highest BCUT2D eigenvalue weighted by molar-refractivity contribution is 7.98. The topological polar surface area (TPSA) is 51.0 Å². The van der Waals surface area contributed by atoms with Crippen LogP contribution in [-0.2, 0) is 0 Å². The number of aromatic nitrogens is 2. The molecular weight excluding hydrogens is 301 g/mol. The SMILES string of the molecule is CSc1noc(C)c1-c1ccnc(Nc2cccc(F)c2)c1. The largest absolute Gasteiger partial charge is 0.360 e. The van der Waals surface area contributed by atoms with E-state index in [0.717, 1.165) is 21.9 Å². The number of nitrogens with zero attached hydrogens (tertiary/aromatic N) is 2. The number of nitrogens with one attached hydrogen (secondary N) is 1. The van der Waals surface area contributed by atoms with Crippen LogP contribution in [0.4, 0.5) is 15.9 Å². The van der Waals surface area contributed by atoms with Crippen LogP contribution in [0, 0.1) is 12.7 Å². The van der Waals surface area contributed by atoms with E-state index in [-0.39, 0.29) is 5.82 Å². The van der Waals surface area contributed by atoms with Crippen molar-refractivity contribution in [2.24, 2.45) is 0 Å². The van der Waals surface area contributed by atoms with Crippen LogP contribution in [0.25, 0.3) is 11.1 Å². The van der Waals surface area contributed by atoms with E-state index in [0.29, 0.717) is 11.5 Å². The molecule has 2 heterocycles. The van der Waals surface area contributed by atoms with Gasteiger partial charge in [-0.3, -0.25) is 0 Å². The average Bonchev–Trinajstić information content (AvgIpc) is 2.88. The molecule has 2 aromatic heterocycles. The molecule has 0 unspecified atom stereocenters. The number of rotatable bonds is 4. The van der Waals surface area contributed by atoms with Crippen molar-refractivity contribution in [3.8, 4) is 11.1 Å². The highest BCUT2D eigenvalue weighted by Crippen LogP contribution is 2.33. The lowest BCUT2D eigenvalue weighted by molar-refractivity contribution is 0.384. The first-order valence-electron chi connectivity index (χ1n) is 6.66.